The summed E-state index contributed by atoms with van der Waals surface area (Å²) < 4.78 is 5.27. The van der Waals surface area contributed by atoms with E-state index in [4.69, 9.17) is 4.74 Å². The molecule has 2 heterocycles. The van der Waals surface area contributed by atoms with Crippen LogP contribution < -0.4 is 10.2 Å². The number of aromatic nitrogens is 2. The molecule has 1 aromatic heterocycles. The number of ether oxygens (including phenoxy) is 1. The highest BCUT2D eigenvalue weighted by Gasteiger charge is 2.19. The predicted octanol–water partition coefficient (Wildman–Crippen LogP) is 2.54. The summed E-state index contributed by atoms with van der Waals surface area (Å²) in [6.07, 6.45) is 3.13. The van der Waals surface area contributed by atoms with Crippen molar-refractivity contribution in [1.29, 1.82) is 0 Å². The minimum atomic E-state index is -0.0524. The summed E-state index contributed by atoms with van der Waals surface area (Å²) in [4.78, 5) is 25.0. The third-order valence-electron chi connectivity index (χ3n) is 4.45. The van der Waals surface area contributed by atoms with Gasteiger partial charge in [0, 0.05) is 49.9 Å². The third kappa shape index (κ3) is 4.29. The van der Waals surface area contributed by atoms with Crippen LogP contribution in [0.1, 0.15) is 24.2 Å². The van der Waals surface area contributed by atoms with E-state index in [0.717, 1.165) is 18.8 Å². The lowest BCUT2D eigenvalue weighted by Gasteiger charge is -2.26. The minimum Gasteiger partial charge on any atom is -0.378 e. The first-order chi connectivity index (χ1) is 12.7. The molecule has 7 nitrogen and oxygen atoms in total. The van der Waals surface area contributed by atoms with Gasteiger partial charge in [0.05, 0.1) is 18.8 Å². The number of carbonyl (C=O) groups is 1. The lowest BCUT2D eigenvalue weighted by molar-refractivity contribution is 0.0302. The van der Waals surface area contributed by atoms with Crippen LogP contribution in [0.25, 0.3) is 0 Å². The molecule has 0 bridgehead atoms. The van der Waals surface area contributed by atoms with Crippen LogP contribution in [0, 0.1) is 0 Å². The minimum absolute atomic E-state index is 0.0524. The number of hydrogen-bond acceptors (Lipinski definition) is 6. The van der Waals surface area contributed by atoms with E-state index in [1.165, 1.54) is 5.69 Å². The predicted molar refractivity (Wildman–Crippen MR) is 102 cm³/mol. The summed E-state index contributed by atoms with van der Waals surface area (Å²) in [5.74, 6) is 0.419. The SMILES string of the molecule is CCN(CC)c1ccc(Nc2ncc(C(=O)N3CCOCC3)cn2)cc1. The fraction of sp³-hybridized carbons (Fsp3) is 0.421. The van der Waals surface area contributed by atoms with Gasteiger partial charge in [-0.3, -0.25) is 4.79 Å². The van der Waals surface area contributed by atoms with E-state index in [0.29, 0.717) is 37.8 Å². The van der Waals surface area contributed by atoms with Crippen molar-refractivity contribution >= 4 is 23.2 Å². The zero-order valence-corrected chi connectivity index (χ0v) is 15.3. The van der Waals surface area contributed by atoms with Gasteiger partial charge in [-0.1, -0.05) is 0 Å². The van der Waals surface area contributed by atoms with Crippen LogP contribution in [0.3, 0.4) is 0 Å². The normalized spacial score (nSPS) is 14.2. The number of rotatable bonds is 6. The Labute approximate surface area is 154 Å². The second kappa shape index (κ2) is 8.62. The second-order valence-electron chi connectivity index (χ2n) is 6.04. The highest BCUT2D eigenvalue weighted by atomic mass is 16.5. The highest BCUT2D eigenvalue weighted by Crippen LogP contribution is 2.19. The molecule has 0 unspecified atom stereocenters. The lowest BCUT2D eigenvalue weighted by atomic mass is 10.2. The summed E-state index contributed by atoms with van der Waals surface area (Å²) in [6.45, 7) is 8.61. The maximum atomic E-state index is 12.4. The van der Waals surface area contributed by atoms with E-state index in [2.05, 4.69) is 46.2 Å². The van der Waals surface area contributed by atoms with Gasteiger partial charge in [0.25, 0.3) is 5.91 Å². The van der Waals surface area contributed by atoms with E-state index in [1.807, 2.05) is 12.1 Å². The molecule has 1 aromatic carbocycles. The zero-order chi connectivity index (χ0) is 18.4. The monoisotopic (exact) mass is 355 g/mol. The van der Waals surface area contributed by atoms with Crippen molar-refractivity contribution in [2.75, 3.05) is 49.6 Å². The molecule has 0 radical (unpaired) electrons. The average Bonchev–Trinajstić information content (AvgIpc) is 2.71. The molecule has 1 aliphatic rings. The van der Waals surface area contributed by atoms with E-state index in [9.17, 15) is 4.79 Å². The van der Waals surface area contributed by atoms with Crippen molar-refractivity contribution in [1.82, 2.24) is 14.9 Å². The number of hydrogen-bond donors (Lipinski definition) is 1. The van der Waals surface area contributed by atoms with Gasteiger partial charge >= 0.3 is 0 Å². The molecule has 7 heteroatoms. The Morgan fingerprint density at radius 2 is 1.73 bits per heavy atom. The van der Waals surface area contributed by atoms with Gasteiger partial charge in [-0.2, -0.15) is 0 Å². The van der Waals surface area contributed by atoms with E-state index >= 15 is 0 Å². The lowest BCUT2D eigenvalue weighted by Crippen LogP contribution is -2.40. The Balaban J connectivity index is 1.63. The van der Waals surface area contributed by atoms with Gasteiger partial charge < -0.3 is 19.9 Å². The van der Waals surface area contributed by atoms with Crippen molar-refractivity contribution < 1.29 is 9.53 Å². The number of benzene rings is 1. The van der Waals surface area contributed by atoms with Crippen LogP contribution in [-0.2, 0) is 4.74 Å². The Kier molecular flexibility index (Phi) is 6.01. The van der Waals surface area contributed by atoms with Gasteiger partial charge in [0.15, 0.2) is 0 Å². The standard InChI is InChI=1S/C19H25N5O2/c1-3-23(4-2)17-7-5-16(6-8-17)22-19-20-13-15(14-21-19)18(25)24-9-11-26-12-10-24/h5-8,13-14H,3-4,9-12H2,1-2H3,(H,20,21,22). The topological polar surface area (TPSA) is 70.6 Å². The zero-order valence-electron chi connectivity index (χ0n) is 15.3. The maximum Gasteiger partial charge on any atom is 0.257 e. The number of carbonyl (C=O) groups excluding carboxylic acids is 1. The van der Waals surface area contributed by atoms with Crippen LogP contribution in [-0.4, -0.2) is 60.2 Å². The largest absolute Gasteiger partial charge is 0.378 e. The molecule has 0 saturated carbocycles. The molecule has 1 amide bonds. The van der Waals surface area contributed by atoms with Gasteiger partial charge in [-0.15, -0.1) is 0 Å². The van der Waals surface area contributed by atoms with Gasteiger partial charge in [0.1, 0.15) is 0 Å². The van der Waals surface area contributed by atoms with Crippen LogP contribution in [0.15, 0.2) is 36.7 Å². The van der Waals surface area contributed by atoms with Crippen LogP contribution in [0.2, 0.25) is 0 Å². The molecular formula is C19H25N5O2. The molecule has 3 rings (SSSR count). The second-order valence-corrected chi connectivity index (χ2v) is 6.04. The van der Waals surface area contributed by atoms with Crippen molar-refractivity contribution in [3.05, 3.63) is 42.2 Å². The van der Waals surface area contributed by atoms with Crippen molar-refractivity contribution in [2.24, 2.45) is 0 Å². The first-order valence-corrected chi connectivity index (χ1v) is 9.02. The number of nitrogens with one attached hydrogen (secondary N) is 1. The highest BCUT2D eigenvalue weighted by molar-refractivity contribution is 5.93. The first-order valence-electron chi connectivity index (χ1n) is 9.02. The quantitative estimate of drug-likeness (QED) is 0.859. The van der Waals surface area contributed by atoms with Gasteiger partial charge in [-0.05, 0) is 38.1 Å². The fourth-order valence-electron chi connectivity index (χ4n) is 2.93. The Hall–Kier alpha value is -2.67. The van der Waals surface area contributed by atoms with Crippen LogP contribution >= 0.6 is 0 Å². The summed E-state index contributed by atoms with van der Waals surface area (Å²) in [7, 11) is 0. The smallest absolute Gasteiger partial charge is 0.257 e. The molecule has 138 valence electrons. The Bertz CT molecular complexity index is 708. The van der Waals surface area contributed by atoms with Gasteiger partial charge in [0.2, 0.25) is 5.95 Å². The van der Waals surface area contributed by atoms with Gasteiger partial charge in [-0.25, -0.2) is 9.97 Å². The van der Waals surface area contributed by atoms with E-state index in [-0.39, 0.29) is 5.91 Å². The summed E-state index contributed by atoms with van der Waals surface area (Å²) >= 11 is 0. The van der Waals surface area contributed by atoms with Crippen LogP contribution in [0.5, 0.6) is 0 Å². The molecule has 1 N–H and O–H groups in total. The summed E-state index contributed by atoms with van der Waals surface area (Å²) in [5.41, 5.74) is 2.59. The number of anilines is 3. The Morgan fingerprint density at radius 3 is 2.31 bits per heavy atom. The molecule has 0 aliphatic carbocycles. The van der Waals surface area contributed by atoms with Crippen molar-refractivity contribution in [2.45, 2.75) is 13.8 Å². The molecule has 0 spiro atoms. The maximum absolute atomic E-state index is 12.4. The first kappa shape index (κ1) is 18.1. The number of amides is 1. The third-order valence-corrected chi connectivity index (χ3v) is 4.45. The number of morpholine rings is 1. The number of nitrogens with zero attached hydrogens (tertiary/aromatic N) is 4. The van der Waals surface area contributed by atoms with E-state index < -0.39 is 0 Å². The molecule has 1 aliphatic heterocycles. The molecule has 0 atom stereocenters. The molecule has 1 fully saturated rings. The van der Waals surface area contributed by atoms with Crippen molar-refractivity contribution in [3.8, 4) is 0 Å². The molecule has 26 heavy (non-hydrogen) atoms. The average molecular weight is 355 g/mol. The molecular weight excluding hydrogens is 330 g/mol. The van der Waals surface area contributed by atoms with Crippen molar-refractivity contribution in [3.63, 3.8) is 0 Å². The van der Waals surface area contributed by atoms with Crippen LogP contribution in [0.4, 0.5) is 17.3 Å². The molecule has 1 saturated heterocycles. The summed E-state index contributed by atoms with van der Waals surface area (Å²) in [6, 6.07) is 8.16. The molecule has 2 aromatic rings. The van der Waals surface area contributed by atoms with E-state index in [1.54, 1.807) is 17.3 Å². The fourth-order valence-corrected chi connectivity index (χ4v) is 2.93. The Morgan fingerprint density at radius 1 is 1.12 bits per heavy atom. The summed E-state index contributed by atoms with van der Waals surface area (Å²) in [5, 5.41) is 3.17.